The number of carbonyl (C=O) groups is 1. The topological polar surface area (TPSA) is 85.3 Å². The van der Waals surface area contributed by atoms with Gasteiger partial charge in [-0.3, -0.25) is 4.79 Å². The number of piperidine rings is 1. The second kappa shape index (κ2) is 6.03. The third-order valence-corrected chi connectivity index (χ3v) is 4.94. The maximum atomic E-state index is 12.8. The summed E-state index contributed by atoms with van der Waals surface area (Å²) in [6.45, 7) is 5.08. The highest BCUT2D eigenvalue weighted by Crippen LogP contribution is 2.38. The van der Waals surface area contributed by atoms with E-state index in [0.717, 1.165) is 31.6 Å². The molecule has 1 aliphatic heterocycles. The fourth-order valence-corrected chi connectivity index (χ4v) is 3.47. The van der Waals surface area contributed by atoms with E-state index in [1.807, 2.05) is 11.8 Å². The van der Waals surface area contributed by atoms with Crippen molar-refractivity contribution in [3.8, 4) is 0 Å². The second-order valence-corrected chi connectivity index (χ2v) is 6.98. The van der Waals surface area contributed by atoms with Crippen LogP contribution < -0.4 is 0 Å². The molecule has 7 nitrogen and oxygen atoms in total. The van der Waals surface area contributed by atoms with Crippen molar-refractivity contribution >= 4 is 5.91 Å². The Morgan fingerprint density at radius 2 is 2.04 bits per heavy atom. The molecule has 1 saturated carbocycles. The third kappa shape index (κ3) is 2.95. The molecule has 0 aromatic carbocycles. The lowest BCUT2D eigenvalue weighted by molar-refractivity contribution is 0.0665. The molecule has 0 unspecified atom stereocenters. The van der Waals surface area contributed by atoms with Crippen LogP contribution in [0, 0.1) is 19.8 Å². The van der Waals surface area contributed by atoms with Crippen LogP contribution >= 0.6 is 0 Å². The summed E-state index contributed by atoms with van der Waals surface area (Å²) in [6, 6.07) is 0. The Morgan fingerprint density at radius 3 is 2.75 bits per heavy atom. The largest absolute Gasteiger partial charge is 0.361 e. The van der Waals surface area contributed by atoms with Crippen molar-refractivity contribution in [2.45, 2.75) is 51.9 Å². The van der Waals surface area contributed by atoms with Crippen LogP contribution in [0.1, 0.15) is 65.1 Å². The predicted octanol–water partition coefficient (Wildman–Crippen LogP) is 2.65. The van der Waals surface area contributed by atoms with Gasteiger partial charge in [-0.2, -0.15) is 4.98 Å². The van der Waals surface area contributed by atoms with Gasteiger partial charge in [0, 0.05) is 25.4 Å². The van der Waals surface area contributed by atoms with Crippen molar-refractivity contribution in [2.75, 3.05) is 13.1 Å². The first kappa shape index (κ1) is 15.4. The van der Waals surface area contributed by atoms with Crippen molar-refractivity contribution in [2.24, 2.45) is 5.92 Å². The van der Waals surface area contributed by atoms with Gasteiger partial charge in [-0.15, -0.1) is 0 Å². The molecule has 2 fully saturated rings. The molecule has 7 heteroatoms. The van der Waals surface area contributed by atoms with Gasteiger partial charge in [0.15, 0.2) is 5.82 Å². The van der Waals surface area contributed by atoms with E-state index in [0.29, 0.717) is 41.3 Å². The third-order valence-electron chi connectivity index (χ3n) is 4.94. The summed E-state index contributed by atoms with van der Waals surface area (Å²) in [6.07, 6.45) is 5.14. The van der Waals surface area contributed by atoms with Gasteiger partial charge in [0.25, 0.3) is 5.91 Å². The summed E-state index contributed by atoms with van der Waals surface area (Å²) in [7, 11) is 0. The lowest BCUT2D eigenvalue weighted by atomic mass is 9.94. The van der Waals surface area contributed by atoms with Gasteiger partial charge >= 0.3 is 0 Å². The smallest absolute Gasteiger partial charge is 0.259 e. The summed E-state index contributed by atoms with van der Waals surface area (Å²) in [4.78, 5) is 19.2. The van der Waals surface area contributed by atoms with Gasteiger partial charge in [-0.25, -0.2) is 0 Å². The van der Waals surface area contributed by atoms with Gasteiger partial charge in [0.05, 0.1) is 5.69 Å². The number of likely N-dealkylation sites (tertiary alicyclic amines) is 1. The molecule has 0 spiro atoms. The zero-order chi connectivity index (χ0) is 16.7. The molecule has 128 valence electrons. The lowest BCUT2D eigenvalue weighted by Gasteiger charge is -2.32. The minimum atomic E-state index is 0.0140. The average molecular weight is 330 g/mol. The van der Waals surface area contributed by atoms with Crippen LogP contribution in [-0.4, -0.2) is 39.2 Å². The van der Waals surface area contributed by atoms with Crippen LogP contribution in [-0.2, 0) is 6.42 Å². The Kier molecular flexibility index (Phi) is 3.86. The van der Waals surface area contributed by atoms with Crippen molar-refractivity contribution in [3.63, 3.8) is 0 Å². The van der Waals surface area contributed by atoms with Gasteiger partial charge in [0.2, 0.25) is 5.89 Å². The highest BCUT2D eigenvalue weighted by Gasteiger charge is 2.31. The molecular formula is C17H22N4O3. The van der Waals surface area contributed by atoms with E-state index in [4.69, 9.17) is 9.05 Å². The van der Waals surface area contributed by atoms with Gasteiger partial charge in [-0.05, 0) is 45.4 Å². The molecule has 0 N–H and O–H groups in total. The van der Waals surface area contributed by atoms with E-state index in [9.17, 15) is 4.79 Å². The van der Waals surface area contributed by atoms with Crippen LogP contribution in [0.25, 0.3) is 0 Å². The van der Waals surface area contributed by atoms with E-state index in [1.54, 1.807) is 6.92 Å². The van der Waals surface area contributed by atoms with Gasteiger partial charge in [0.1, 0.15) is 11.3 Å². The normalized spacial score (nSPS) is 21.2. The Hall–Kier alpha value is -2.18. The molecule has 1 atom stereocenters. The zero-order valence-corrected chi connectivity index (χ0v) is 14.1. The van der Waals surface area contributed by atoms with Crippen LogP contribution in [0.5, 0.6) is 0 Å². The minimum absolute atomic E-state index is 0.0140. The van der Waals surface area contributed by atoms with Crippen molar-refractivity contribution < 1.29 is 13.8 Å². The molecule has 1 saturated heterocycles. The molecule has 2 aromatic heterocycles. The molecule has 0 radical (unpaired) electrons. The molecular weight excluding hydrogens is 308 g/mol. The molecule has 4 rings (SSSR count). The summed E-state index contributed by atoms with van der Waals surface area (Å²) in [5.41, 5.74) is 1.26. The first-order valence-electron chi connectivity index (χ1n) is 8.66. The van der Waals surface area contributed by atoms with Crippen molar-refractivity contribution in [3.05, 3.63) is 28.7 Å². The Labute approximate surface area is 140 Å². The van der Waals surface area contributed by atoms with Crippen LogP contribution in [0.3, 0.4) is 0 Å². The SMILES string of the molecule is Cc1noc(C)c1C(=O)N1CCC[C@H](Cc2nc(C3CC3)no2)C1. The molecule has 3 heterocycles. The van der Waals surface area contributed by atoms with Crippen LogP contribution in [0.15, 0.2) is 9.05 Å². The number of aromatic nitrogens is 3. The fourth-order valence-electron chi connectivity index (χ4n) is 3.47. The quantitative estimate of drug-likeness (QED) is 0.856. The highest BCUT2D eigenvalue weighted by atomic mass is 16.5. The summed E-state index contributed by atoms with van der Waals surface area (Å²) in [5.74, 6) is 3.02. The summed E-state index contributed by atoms with van der Waals surface area (Å²) in [5, 5.41) is 7.96. The Bertz CT molecular complexity index is 727. The molecule has 0 bridgehead atoms. The molecule has 1 amide bonds. The number of aryl methyl sites for hydroxylation is 2. The van der Waals surface area contributed by atoms with E-state index in [-0.39, 0.29) is 5.91 Å². The molecule has 2 aromatic rings. The summed E-state index contributed by atoms with van der Waals surface area (Å²) < 4.78 is 10.5. The van der Waals surface area contributed by atoms with Crippen molar-refractivity contribution in [1.29, 1.82) is 0 Å². The van der Waals surface area contributed by atoms with Gasteiger partial charge < -0.3 is 13.9 Å². The van der Waals surface area contributed by atoms with Crippen LogP contribution in [0.2, 0.25) is 0 Å². The number of hydrogen-bond acceptors (Lipinski definition) is 6. The maximum absolute atomic E-state index is 12.8. The summed E-state index contributed by atoms with van der Waals surface area (Å²) >= 11 is 0. The predicted molar refractivity (Wildman–Crippen MR) is 84.6 cm³/mol. The van der Waals surface area contributed by atoms with E-state index >= 15 is 0 Å². The van der Waals surface area contributed by atoms with Crippen molar-refractivity contribution in [1.82, 2.24) is 20.2 Å². The number of rotatable bonds is 4. The molecule has 1 aliphatic carbocycles. The lowest BCUT2D eigenvalue weighted by Crippen LogP contribution is -2.40. The Balaban J connectivity index is 1.42. The van der Waals surface area contributed by atoms with E-state index < -0.39 is 0 Å². The second-order valence-electron chi connectivity index (χ2n) is 6.98. The van der Waals surface area contributed by atoms with Gasteiger partial charge in [-0.1, -0.05) is 10.3 Å². The fraction of sp³-hybridized carbons (Fsp3) is 0.647. The zero-order valence-electron chi connectivity index (χ0n) is 14.1. The number of nitrogens with zero attached hydrogens (tertiary/aromatic N) is 4. The average Bonchev–Trinajstić information content (AvgIpc) is 3.24. The molecule has 24 heavy (non-hydrogen) atoms. The Morgan fingerprint density at radius 1 is 1.21 bits per heavy atom. The van der Waals surface area contributed by atoms with E-state index in [1.165, 1.54) is 12.8 Å². The molecule has 2 aliphatic rings. The van der Waals surface area contributed by atoms with E-state index in [2.05, 4.69) is 15.3 Å². The number of amides is 1. The highest BCUT2D eigenvalue weighted by molar-refractivity contribution is 5.96. The first-order valence-corrected chi connectivity index (χ1v) is 8.66. The maximum Gasteiger partial charge on any atom is 0.259 e. The van der Waals surface area contributed by atoms with Crippen LogP contribution in [0.4, 0.5) is 0 Å². The minimum Gasteiger partial charge on any atom is -0.361 e. The number of hydrogen-bond donors (Lipinski definition) is 0. The monoisotopic (exact) mass is 330 g/mol. The number of carbonyl (C=O) groups excluding carboxylic acids is 1. The first-order chi connectivity index (χ1) is 11.6. The standard InChI is InChI=1S/C17H22N4O3/c1-10-15(11(2)23-19-10)17(22)21-7-3-4-12(9-21)8-14-18-16(20-24-14)13-5-6-13/h12-13H,3-9H2,1-2H3/t12-/m1/s1.